The van der Waals surface area contributed by atoms with Crippen LogP contribution in [0.3, 0.4) is 0 Å². The number of carbonyl (C=O) groups is 3. The van der Waals surface area contributed by atoms with E-state index in [9.17, 15) is 49.4 Å². The molecule has 1 aliphatic carbocycles. The molecule has 1 fully saturated rings. The average Bonchev–Trinajstić information content (AvgIpc) is 3.27. The smallest absolute Gasteiger partial charge is 0.462 e. The Bertz CT molecular complexity index is 1460. The first-order valence-electron chi connectivity index (χ1n) is 23.7. The molecule has 15 heteroatoms. The summed E-state index contributed by atoms with van der Waals surface area (Å²) >= 11 is 0. The van der Waals surface area contributed by atoms with Gasteiger partial charge in [0, 0.05) is 19.3 Å². The van der Waals surface area contributed by atoms with Crippen molar-refractivity contribution in [1.82, 2.24) is 0 Å². The molecular weight excluding hydrogens is 843 g/mol. The minimum atomic E-state index is -5.15. The molecule has 0 saturated heterocycles. The van der Waals surface area contributed by atoms with Crippen molar-refractivity contribution in [2.24, 2.45) is 0 Å². The van der Waals surface area contributed by atoms with Gasteiger partial charge in [-0.2, -0.15) is 0 Å². The number of allylic oxidation sites excluding steroid dienone is 12. The maximum atomic E-state index is 12.8. The van der Waals surface area contributed by atoms with E-state index in [1.54, 1.807) is 12.2 Å². The Morgan fingerprint density at radius 3 is 1.61 bits per heavy atom. The zero-order valence-electron chi connectivity index (χ0n) is 38.5. The van der Waals surface area contributed by atoms with Crippen LogP contribution in [0.2, 0.25) is 0 Å². The average molecular weight is 925 g/mol. The highest BCUT2D eigenvalue weighted by Crippen LogP contribution is 2.47. The van der Waals surface area contributed by atoms with Gasteiger partial charge in [-0.25, -0.2) is 4.57 Å². The molecule has 64 heavy (non-hydrogen) atoms. The van der Waals surface area contributed by atoms with Crippen molar-refractivity contribution in [3.05, 3.63) is 72.9 Å². The van der Waals surface area contributed by atoms with E-state index in [-0.39, 0.29) is 18.6 Å². The standard InChI is InChI=1S/C49H81O14P/c1-3-5-7-8-9-10-11-12-13-14-15-16-17-18-19-22-25-28-32-36-42(51)60-38-41(39-61-64(58,59)63-49-47(56)45(54)44(53)46(55)48(49)57)62-43(52)37-33-29-26-23-20-21-24-27-31-35-40(50)34-30-6-4-2/h5,7,9-10,12-13,15-16,24,27,31,35,41,44-49,53-57H,3-4,6,8,11,14,17-23,25-26,28-30,32-34,36-39H2,1-2H3,(H,58,59)/b7-5-,10-9-,13-12-,16-15-,27-24-,35-31+/t41-,44?,45-,46+,47-,48-,49?/m1/s1. The van der Waals surface area contributed by atoms with Crippen molar-refractivity contribution >= 4 is 25.5 Å². The van der Waals surface area contributed by atoms with Gasteiger partial charge < -0.3 is 39.9 Å². The van der Waals surface area contributed by atoms with E-state index in [1.165, 1.54) is 0 Å². The summed E-state index contributed by atoms with van der Waals surface area (Å²) in [5.41, 5.74) is 0. The van der Waals surface area contributed by atoms with Crippen molar-refractivity contribution in [3.63, 3.8) is 0 Å². The molecule has 1 saturated carbocycles. The van der Waals surface area contributed by atoms with E-state index in [1.807, 2.05) is 12.2 Å². The third kappa shape index (κ3) is 30.2. The van der Waals surface area contributed by atoms with Crippen LogP contribution in [0.5, 0.6) is 0 Å². The van der Waals surface area contributed by atoms with Gasteiger partial charge in [0.25, 0.3) is 0 Å². The number of aliphatic hydroxyl groups excluding tert-OH is 5. The lowest BCUT2D eigenvalue weighted by Gasteiger charge is -2.41. The van der Waals surface area contributed by atoms with Crippen LogP contribution in [0.4, 0.5) is 0 Å². The molecule has 0 spiro atoms. The molecule has 1 aliphatic rings. The van der Waals surface area contributed by atoms with Gasteiger partial charge in [-0.15, -0.1) is 0 Å². The summed E-state index contributed by atoms with van der Waals surface area (Å²) in [4.78, 5) is 47.5. The number of unbranched alkanes of at least 4 members (excludes halogenated alkanes) is 13. The molecule has 0 amide bonds. The fraction of sp³-hybridized carbons (Fsp3) is 0.694. The fourth-order valence-electron chi connectivity index (χ4n) is 6.67. The summed E-state index contributed by atoms with van der Waals surface area (Å²) in [6.45, 7) is 2.99. The van der Waals surface area contributed by atoms with Crippen molar-refractivity contribution in [3.8, 4) is 0 Å². The van der Waals surface area contributed by atoms with E-state index >= 15 is 0 Å². The van der Waals surface area contributed by atoms with Crippen molar-refractivity contribution in [2.45, 2.75) is 204 Å². The summed E-state index contributed by atoms with van der Waals surface area (Å²) in [6.07, 6.45) is 30.7. The van der Waals surface area contributed by atoms with Crippen LogP contribution in [-0.4, -0.2) is 104 Å². The highest BCUT2D eigenvalue weighted by Gasteiger charge is 2.51. The van der Waals surface area contributed by atoms with Crippen LogP contribution < -0.4 is 0 Å². The topological polar surface area (TPSA) is 227 Å². The third-order valence-corrected chi connectivity index (χ3v) is 11.5. The minimum Gasteiger partial charge on any atom is -0.462 e. The Morgan fingerprint density at radius 1 is 0.547 bits per heavy atom. The van der Waals surface area contributed by atoms with Gasteiger partial charge in [0.1, 0.15) is 43.2 Å². The number of phosphoric acid groups is 1. The lowest BCUT2D eigenvalue weighted by Crippen LogP contribution is -2.64. The number of ketones is 1. The van der Waals surface area contributed by atoms with Gasteiger partial charge in [-0.3, -0.25) is 23.4 Å². The molecule has 0 aromatic carbocycles. The van der Waals surface area contributed by atoms with E-state index < -0.39 is 75.7 Å². The Labute approximate surface area is 382 Å². The maximum Gasteiger partial charge on any atom is 0.472 e. The second kappa shape index (κ2) is 38.1. The van der Waals surface area contributed by atoms with Gasteiger partial charge in [-0.05, 0) is 76.7 Å². The summed E-state index contributed by atoms with van der Waals surface area (Å²) < 4.78 is 33.5. The van der Waals surface area contributed by atoms with E-state index in [0.717, 1.165) is 116 Å². The molecule has 0 aliphatic heterocycles. The Hall–Kier alpha value is -3.04. The van der Waals surface area contributed by atoms with Gasteiger partial charge in [0.05, 0.1) is 6.61 Å². The number of rotatable bonds is 38. The second-order valence-electron chi connectivity index (χ2n) is 16.3. The summed E-state index contributed by atoms with van der Waals surface area (Å²) in [6, 6.07) is 0. The number of aliphatic hydroxyl groups is 5. The molecule has 14 nitrogen and oxygen atoms in total. The molecular formula is C49H81O14P. The minimum absolute atomic E-state index is 0.0384. The first kappa shape index (κ1) is 59.0. The molecule has 6 N–H and O–H groups in total. The van der Waals surface area contributed by atoms with Crippen LogP contribution in [0.15, 0.2) is 72.9 Å². The van der Waals surface area contributed by atoms with Crippen LogP contribution >= 0.6 is 7.82 Å². The second-order valence-corrected chi connectivity index (χ2v) is 17.7. The molecule has 366 valence electrons. The Morgan fingerprint density at radius 2 is 1.03 bits per heavy atom. The van der Waals surface area contributed by atoms with Crippen molar-refractivity contribution in [2.75, 3.05) is 13.2 Å². The summed E-state index contributed by atoms with van der Waals surface area (Å²) in [5, 5.41) is 50.2. The molecule has 3 unspecified atom stereocenters. The summed E-state index contributed by atoms with van der Waals surface area (Å²) in [7, 11) is -5.15. The van der Waals surface area contributed by atoms with Crippen LogP contribution in [0, 0.1) is 0 Å². The highest BCUT2D eigenvalue weighted by atomic mass is 31.2. The highest BCUT2D eigenvalue weighted by molar-refractivity contribution is 7.47. The number of phosphoric ester groups is 1. The zero-order chi connectivity index (χ0) is 47.3. The maximum absolute atomic E-state index is 12.8. The van der Waals surface area contributed by atoms with E-state index in [2.05, 4.69) is 62.5 Å². The van der Waals surface area contributed by atoms with Crippen molar-refractivity contribution < 1.29 is 67.9 Å². The van der Waals surface area contributed by atoms with E-state index in [0.29, 0.717) is 19.3 Å². The number of hydrogen-bond acceptors (Lipinski definition) is 13. The first-order chi connectivity index (χ1) is 30.8. The monoisotopic (exact) mass is 925 g/mol. The van der Waals surface area contributed by atoms with E-state index in [4.69, 9.17) is 18.5 Å². The number of ether oxygens (including phenoxy) is 2. The number of esters is 2. The van der Waals surface area contributed by atoms with Gasteiger partial charge in [-0.1, -0.05) is 138 Å². The van der Waals surface area contributed by atoms with Gasteiger partial charge in [0.2, 0.25) is 0 Å². The summed E-state index contributed by atoms with van der Waals surface area (Å²) in [5.74, 6) is -1.05. The fourth-order valence-corrected chi connectivity index (χ4v) is 7.64. The third-order valence-electron chi connectivity index (χ3n) is 10.5. The normalized spacial score (nSPS) is 22.1. The molecule has 8 atom stereocenters. The SMILES string of the molecule is CC/C=C\C/C=C\C/C=C\C/C=C\CCCCCCCCC(=O)OC[C@H](COP(=O)(O)OC1[C@H](O)[C@H](O)C(O)[C@H](O)[C@H]1O)OC(=O)CCCCCCC/C=C\C=C\C(=O)CCCCC. The number of hydrogen-bond donors (Lipinski definition) is 6. The van der Waals surface area contributed by atoms with Crippen LogP contribution in [0.25, 0.3) is 0 Å². The van der Waals surface area contributed by atoms with Crippen LogP contribution in [0.1, 0.15) is 162 Å². The Kier molecular flexibility index (Phi) is 35.1. The molecule has 0 heterocycles. The van der Waals surface area contributed by atoms with Gasteiger partial charge >= 0.3 is 19.8 Å². The molecule has 0 bridgehead atoms. The van der Waals surface area contributed by atoms with Crippen molar-refractivity contribution in [1.29, 1.82) is 0 Å². The quantitative estimate of drug-likeness (QED) is 0.00851. The molecule has 0 aromatic rings. The predicted octanol–water partition coefficient (Wildman–Crippen LogP) is 8.68. The first-order valence-corrected chi connectivity index (χ1v) is 25.2. The largest absolute Gasteiger partial charge is 0.472 e. The number of carbonyl (C=O) groups excluding carboxylic acids is 3. The lowest BCUT2D eigenvalue weighted by atomic mass is 9.85. The van der Waals surface area contributed by atoms with Gasteiger partial charge in [0.15, 0.2) is 11.9 Å². The Balaban J connectivity index is 2.48. The zero-order valence-corrected chi connectivity index (χ0v) is 39.4. The molecule has 1 rings (SSSR count). The molecule has 0 radical (unpaired) electrons. The predicted molar refractivity (Wildman–Crippen MR) is 249 cm³/mol. The lowest BCUT2D eigenvalue weighted by molar-refractivity contribution is -0.220. The van der Waals surface area contributed by atoms with Crippen LogP contribution in [-0.2, 0) is 37.5 Å². The molecule has 0 aromatic heterocycles.